The number of amides is 2. The summed E-state index contributed by atoms with van der Waals surface area (Å²) in [4.78, 5) is 27.3. The molecule has 1 atom stereocenters. The van der Waals surface area contributed by atoms with Crippen molar-refractivity contribution in [1.29, 1.82) is 0 Å². The molecule has 6 heteroatoms. The maximum absolute atomic E-state index is 12.9. The molecule has 1 fully saturated rings. The highest BCUT2D eigenvalue weighted by atomic mass is 32.1. The number of nitrogens with one attached hydrogen (secondary N) is 1. The van der Waals surface area contributed by atoms with Gasteiger partial charge in [0.05, 0.1) is 13.7 Å². The summed E-state index contributed by atoms with van der Waals surface area (Å²) in [7, 11) is 1.63. The van der Waals surface area contributed by atoms with Crippen LogP contribution < -0.4 is 10.1 Å². The van der Waals surface area contributed by atoms with Crippen LogP contribution >= 0.6 is 11.3 Å². The van der Waals surface area contributed by atoms with Gasteiger partial charge in [0.15, 0.2) is 0 Å². The van der Waals surface area contributed by atoms with E-state index in [1.165, 1.54) is 0 Å². The average molecular weight is 344 g/mol. The predicted molar refractivity (Wildman–Crippen MR) is 92.7 cm³/mol. The Bertz CT molecular complexity index is 715. The van der Waals surface area contributed by atoms with Crippen molar-refractivity contribution < 1.29 is 14.3 Å². The first-order valence-electron chi connectivity index (χ1n) is 7.90. The Kier molecular flexibility index (Phi) is 5.15. The maximum atomic E-state index is 12.9. The number of hydrogen-bond acceptors (Lipinski definition) is 4. The fraction of sp³-hybridized carbons (Fsp3) is 0.333. The lowest BCUT2D eigenvalue weighted by Gasteiger charge is -2.26. The molecule has 2 amide bonds. The molecule has 1 aromatic carbocycles. The van der Waals surface area contributed by atoms with E-state index in [1.54, 1.807) is 23.3 Å². The molecule has 1 saturated heterocycles. The van der Waals surface area contributed by atoms with Crippen molar-refractivity contribution in [3.8, 4) is 5.75 Å². The summed E-state index contributed by atoms with van der Waals surface area (Å²) in [5.41, 5.74) is 0.953. The summed E-state index contributed by atoms with van der Waals surface area (Å²) in [6.07, 6.45) is 0.975. The first-order chi connectivity index (χ1) is 11.7. The molecule has 1 aliphatic heterocycles. The lowest BCUT2D eigenvalue weighted by Crippen LogP contribution is -2.43. The standard InChI is InChI=1S/C18H20N2O3S/c1-23-16-7-3-2-5-13(16)11-20(12-14-6-4-10-24-14)18(22)15-8-9-17(21)19-15/h2-7,10,15H,8-9,11-12H2,1H3,(H,19,21). The molecule has 2 heterocycles. The Balaban J connectivity index is 1.81. The van der Waals surface area contributed by atoms with Crippen molar-refractivity contribution in [1.82, 2.24) is 10.2 Å². The van der Waals surface area contributed by atoms with Gasteiger partial charge in [-0.25, -0.2) is 0 Å². The van der Waals surface area contributed by atoms with E-state index < -0.39 is 6.04 Å². The van der Waals surface area contributed by atoms with Gasteiger partial charge in [0.25, 0.3) is 0 Å². The van der Waals surface area contributed by atoms with Crippen LogP contribution in [0.5, 0.6) is 5.75 Å². The highest BCUT2D eigenvalue weighted by Crippen LogP contribution is 2.23. The molecular weight excluding hydrogens is 324 g/mol. The summed E-state index contributed by atoms with van der Waals surface area (Å²) in [5.74, 6) is 0.666. The minimum atomic E-state index is -0.424. The normalized spacial score (nSPS) is 16.7. The van der Waals surface area contributed by atoms with E-state index in [4.69, 9.17) is 4.74 Å². The van der Waals surface area contributed by atoms with Crippen LogP contribution in [0, 0.1) is 0 Å². The number of benzene rings is 1. The van der Waals surface area contributed by atoms with Gasteiger partial charge in [0, 0.05) is 23.4 Å². The fourth-order valence-corrected chi connectivity index (χ4v) is 3.58. The fourth-order valence-electron chi connectivity index (χ4n) is 2.86. The van der Waals surface area contributed by atoms with E-state index in [9.17, 15) is 9.59 Å². The van der Waals surface area contributed by atoms with Crippen molar-refractivity contribution in [2.75, 3.05) is 7.11 Å². The SMILES string of the molecule is COc1ccccc1CN(Cc1cccs1)C(=O)C1CCC(=O)N1. The van der Waals surface area contributed by atoms with E-state index >= 15 is 0 Å². The minimum Gasteiger partial charge on any atom is -0.496 e. The molecule has 0 bridgehead atoms. The Morgan fingerprint density at radius 1 is 1.29 bits per heavy atom. The number of para-hydroxylation sites is 1. The van der Waals surface area contributed by atoms with Gasteiger partial charge in [-0.3, -0.25) is 9.59 Å². The Labute approximate surface area is 145 Å². The van der Waals surface area contributed by atoms with E-state index in [0.29, 0.717) is 25.9 Å². The van der Waals surface area contributed by atoms with Crippen LogP contribution in [-0.2, 0) is 22.7 Å². The predicted octanol–water partition coefficient (Wildman–Crippen LogP) is 2.56. The maximum Gasteiger partial charge on any atom is 0.245 e. The van der Waals surface area contributed by atoms with E-state index in [1.807, 2.05) is 41.8 Å². The zero-order valence-electron chi connectivity index (χ0n) is 13.5. The smallest absolute Gasteiger partial charge is 0.245 e. The van der Waals surface area contributed by atoms with Crippen molar-refractivity contribution in [2.45, 2.75) is 32.0 Å². The lowest BCUT2D eigenvalue weighted by molar-refractivity contribution is -0.135. The van der Waals surface area contributed by atoms with Crippen molar-refractivity contribution in [2.24, 2.45) is 0 Å². The number of hydrogen-bond donors (Lipinski definition) is 1. The Morgan fingerprint density at radius 2 is 2.12 bits per heavy atom. The zero-order chi connectivity index (χ0) is 16.9. The molecule has 1 aromatic heterocycles. The summed E-state index contributed by atoms with van der Waals surface area (Å²) < 4.78 is 5.40. The summed E-state index contributed by atoms with van der Waals surface area (Å²) in [5, 5.41) is 4.77. The average Bonchev–Trinajstić information content (AvgIpc) is 3.25. The Hall–Kier alpha value is -2.34. The van der Waals surface area contributed by atoms with Crippen molar-refractivity contribution in [3.63, 3.8) is 0 Å². The Morgan fingerprint density at radius 3 is 2.79 bits per heavy atom. The molecule has 126 valence electrons. The summed E-state index contributed by atoms with van der Waals surface area (Å²) in [6, 6.07) is 11.3. The van der Waals surface area contributed by atoms with Crippen LogP contribution in [0.3, 0.4) is 0 Å². The number of carbonyl (C=O) groups is 2. The second kappa shape index (κ2) is 7.49. The topological polar surface area (TPSA) is 58.6 Å². The van der Waals surface area contributed by atoms with Gasteiger partial charge in [-0.2, -0.15) is 0 Å². The second-order valence-corrected chi connectivity index (χ2v) is 6.78. The quantitative estimate of drug-likeness (QED) is 0.876. The third-order valence-electron chi connectivity index (χ3n) is 4.09. The molecule has 0 aliphatic carbocycles. The van der Waals surface area contributed by atoms with Gasteiger partial charge in [-0.05, 0) is 23.9 Å². The third-order valence-corrected chi connectivity index (χ3v) is 4.95. The van der Waals surface area contributed by atoms with Crippen LogP contribution in [-0.4, -0.2) is 29.9 Å². The molecule has 1 aliphatic rings. The van der Waals surface area contributed by atoms with Crippen molar-refractivity contribution >= 4 is 23.2 Å². The number of ether oxygens (including phenoxy) is 1. The first kappa shape index (κ1) is 16.5. The van der Waals surface area contributed by atoms with Crippen LogP contribution in [0.2, 0.25) is 0 Å². The first-order valence-corrected chi connectivity index (χ1v) is 8.78. The summed E-state index contributed by atoms with van der Waals surface area (Å²) >= 11 is 1.62. The van der Waals surface area contributed by atoms with Gasteiger partial charge in [-0.15, -0.1) is 11.3 Å². The highest BCUT2D eigenvalue weighted by Gasteiger charge is 2.31. The molecule has 2 aromatic rings. The van der Waals surface area contributed by atoms with Gasteiger partial charge in [0.2, 0.25) is 11.8 Å². The lowest BCUT2D eigenvalue weighted by atomic mass is 10.1. The second-order valence-electron chi connectivity index (χ2n) is 5.74. The van der Waals surface area contributed by atoms with Crippen LogP contribution in [0.1, 0.15) is 23.3 Å². The van der Waals surface area contributed by atoms with Gasteiger partial charge in [0.1, 0.15) is 11.8 Å². The monoisotopic (exact) mass is 344 g/mol. The van der Waals surface area contributed by atoms with E-state index in [0.717, 1.165) is 16.2 Å². The summed E-state index contributed by atoms with van der Waals surface area (Å²) in [6.45, 7) is 0.980. The van der Waals surface area contributed by atoms with Crippen LogP contribution in [0.15, 0.2) is 41.8 Å². The molecule has 0 spiro atoms. The van der Waals surface area contributed by atoms with E-state index in [-0.39, 0.29) is 11.8 Å². The largest absolute Gasteiger partial charge is 0.496 e. The molecule has 0 radical (unpaired) electrons. The molecule has 1 N–H and O–H groups in total. The molecular formula is C18H20N2O3S. The van der Waals surface area contributed by atoms with Gasteiger partial charge in [-0.1, -0.05) is 24.3 Å². The van der Waals surface area contributed by atoms with Gasteiger partial charge < -0.3 is 15.0 Å². The minimum absolute atomic E-state index is 0.0415. The molecule has 1 unspecified atom stereocenters. The van der Waals surface area contributed by atoms with Crippen LogP contribution in [0.25, 0.3) is 0 Å². The number of rotatable bonds is 6. The molecule has 3 rings (SSSR count). The number of thiophene rings is 1. The van der Waals surface area contributed by atoms with Crippen molar-refractivity contribution in [3.05, 3.63) is 52.2 Å². The molecule has 24 heavy (non-hydrogen) atoms. The molecule has 0 saturated carbocycles. The van der Waals surface area contributed by atoms with Crippen LogP contribution in [0.4, 0.5) is 0 Å². The molecule has 5 nitrogen and oxygen atoms in total. The number of methoxy groups -OCH3 is 1. The van der Waals surface area contributed by atoms with Gasteiger partial charge >= 0.3 is 0 Å². The highest BCUT2D eigenvalue weighted by molar-refractivity contribution is 7.09. The van der Waals surface area contributed by atoms with E-state index in [2.05, 4.69) is 5.32 Å². The zero-order valence-corrected chi connectivity index (χ0v) is 14.3. The third kappa shape index (κ3) is 3.76. The number of carbonyl (C=O) groups excluding carboxylic acids is 2. The number of nitrogens with zero attached hydrogens (tertiary/aromatic N) is 1.